The molecule has 0 aliphatic heterocycles. The van der Waals surface area contributed by atoms with Crippen molar-refractivity contribution >= 4 is 17.6 Å². The summed E-state index contributed by atoms with van der Waals surface area (Å²) in [5.74, 6) is -1.58. The number of carbonyl (C=O) groups is 2. The highest BCUT2D eigenvalue weighted by atomic mass is 19.1. The lowest BCUT2D eigenvalue weighted by molar-refractivity contribution is -0.136. The van der Waals surface area contributed by atoms with Crippen molar-refractivity contribution in [1.29, 1.82) is 0 Å². The summed E-state index contributed by atoms with van der Waals surface area (Å²) in [4.78, 5) is 23.4. The zero-order chi connectivity index (χ0) is 15.4. The van der Waals surface area contributed by atoms with Crippen molar-refractivity contribution < 1.29 is 18.5 Å². The Morgan fingerprint density at radius 1 is 1.29 bits per heavy atom. The molecule has 2 rings (SSSR count). The first-order valence-corrected chi connectivity index (χ1v) is 6.27. The van der Waals surface area contributed by atoms with Gasteiger partial charge in [0.1, 0.15) is 11.6 Å². The van der Waals surface area contributed by atoms with E-state index in [1.807, 2.05) is 0 Å². The molecule has 110 valence electrons. The number of hydrogen-bond acceptors (Lipinski definition) is 4. The molecule has 1 atom stereocenters. The van der Waals surface area contributed by atoms with Crippen LogP contribution in [0.25, 0.3) is 0 Å². The standard InChI is InChI=1S/C14H14FN3O3/c1-8-7-12(18-21-8)17-14(20)13(19)16-9(2)10-5-3-4-6-11(10)15/h3-7,9H,1-2H3,(H,16,19)(H,17,18,20)/t9-/m1/s1. The molecular formula is C14H14FN3O3. The van der Waals surface area contributed by atoms with Crippen molar-refractivity contribution in [3.8, 4) is 0 Å². The van der Waals surface area contributed by atoms with Crippen LogP contribution in [0.4, 0.5) is 10.2 Å². The minimum absolute atomic E-state index is 0.145. The monoisotopic (exact) mass is 291 g/mol. The summed E-state index contributed by atoms with van der Waals surface area (Å²) < 4.78 is 18.3. The van der Waals surface area contributed by atoms with E-state index in [0.717, 1.165) is 0 Å². The molecule has 6 nitrogen and oxygen atoms in total. The Hall–Kier alpha value is -2.70. The first-order chi connectivity index (χ1) is 9.97. The second kappa shape index (κ2) is 6.17. The summed E-state index contributed by atoms with van der Waals surface area (Å²) in [5.41, 5.74) is 0.302. The van der Waals surface area contributed by atoms with Gasteiger partial charge >= 0.3 is 11.8 Å². The predicted molar refractivity (Wildman–Crippen MR) is 72.8 cm³/mol. The van der Waals surface area contributed by atoms with E-state index >= 15 is 0 Å². The maximum atomic E-state index is 13.6. The maximum Gasteiger partial charge on any atom is 0.314 e. The van der Waals surface area contributed by atoms with E-state index in [0.29, 0.717) is 11.3 Å². The van der Waals surface area contributed by atoms with Crippen LogP contribution in [0.15, 0.2) is 34.9 Å². The van der Waals surface area contributed by atoms with Crippen LogP contribution in [0.1, 0.15) is 24.3 Å². The van der Waals surface area contributed by atoms with E-state index in [-0.39, 0.29) is 5.82 Å². The fourth-order valence-corrected chi connectivity index (χ4v) is 1.76. The molecule has 0 spiro atoms. The third-order valence-corrected chi connectivity index (χ3v) is 2.80. The molecule has 2 amide bonds. The lowest BCUT2D eigenvalue weighted by atomic mass is 10.1. The van der Waals surface area contributed by atoms with Crippen LogP contribution in [0.2, 0.25) is 0 Å². The zero-order valence-electron chi connectivity index (χ0n) is 11.5. The smallest absolute Gasteiger partial charge is 0.314 e. The number of anilines is 1. The Morgan fingerprint density at radius 2 is 2.00 bits per heavy atom. The topological polar surface area (TPSA) is 84.2 Å². The number of carbonyl (C=O) groups excluding carboxylic acids is 2. The molecule has 0 fully saturated rings. The molecule has 0 bridgehead atoms. The predicted octanol–water partition coefficient (Wildman–Crippen LogP) is 1.94. The third-order valence-electron chi connectivity index (χ3n) is 2.80. The van der Waals surface area contributed by atoms with Gasteiger partial charge in [0.25, 0.3) is 0 Å². The van der Waals surface area contributed by atoms with Gasteiger partial charge in [-0.1, -0.05) is 23.4 Å². The van der Waals surface area contributed by atoms with Gasteiger partial charge in [-0.25, -0.2) is 4.39 Å². The second-order valence-electron chi connectivity index (χ2n) is 4.49. The molecule has 0 radical (unpaired) electrons. The Labute approximate surface area is 120 Å². The largest absolute Gasteiger partial charge is 0.360 e. The number of nitrogens with zero attached hydrogens (tertiary/aromatic N) is 1. The molecule has 1 aromatic carbocycles. The molecular weight excluding hydrogens is 277 g/mol. The number of rotatable bonds is 3. The molecule has 0 saturated heterocycles. The quantitative estimate of drug-likeness (QED) is 0.846. The summed E-state index contributed by atoms with van der Waals surface area (Å²) in [6.07, 6.45) is 0. The van der Waals surface area contributed by atoms with Crippen LogP contribution in [-0.2, 0) is 9.59 Å². The van der Waals surface area contributed by atoms with Gasteiger partial charge in [0.15, 0.2) is 5.82 Å². The highest BCUT2D eigenvalue weighted by Gasteiger charge is 2.19. The summed E-state index contributed by atoms with van der Waals surface area (Å²) >= 11 is 0. The molecule has 2 aromatic rings. The SMILES string of the molecule is Cc1cc(NC(=O)C(=O)N[C@H](C)c2ccccc2F)no1. The van der Waals surface area contributed by atoms with Gasteiger partial charge in [-0.05, 0) is 19.9 Å². The van der Waals surface area contributed by atoms with Gasteiger partial charge in [-0.15, -0.1) is 0 Å². The average molecular weight is 291 g/mol. The highest BCUT2D eigenvalue weighted by molar-refractivity contribution is 6.39. The number of halogens is 1. The lowest BCUT2D eigenvalue weighted by Crippen LogP contribution is -2.37. The van der Waals surface area contributed by atoms with E-state index in [1.54, 1.807) is 32.0 Å². The fourth-order valence-electron chi connectivity index (χ4n) is 1.76. The van der Waals surface area contributed by atoms with Gasteiger partial charge in [0, 0.05) is 11.6 Å². The lowest BCUT2D eigenvalue weighted by Gasteiger charge is -2.14. The van der Waals surface area contributed by atoms with Crippen LogP contribution in [0, 0.1) is 12.7 Å². The number of benzene rings is 1. The van der Waals surface area contributed by atoms with E-state index in [1.165, 1.54) is 12.1 Å². The molecule has 0 unspecified atom stereocenters. The van der Waals surface area contributed by atoms with Gasteiger partial charge in [0.2, 0.25) is 0 Å². The van der Waals surface area contributed by atoms with Crippen LogP contribution in [0.5, 0.6) is 0 Å². The van der Waals surface area contributed by atoms with Crippen molar-refractivity contribution in [2.24, 2.45) is 0 Å². The molecule has 0 saturated carbocycles. The molecule has 1 aromatic heterocycles. The first-order valence-electron chi connectivity index (χ1n) is 6.27. The van der Waals surface area contributed by atoms with Gasteiger partial charge in [-0.2, -0.15) is 0 Å². The molecule has 1 heterocycles. The zero-order valence-corrected chi connectivity index (χ0v) is 11.5. The Balaban J connectivity index is 1.97. The molecule has 7 heteroatoms. The number of aromatic nitrogens is 1. The van der Waals surface area contributed by atoms with Crippen molar-refractivity contribution in [1.82, 2.24) is 10.5 Å². The summed E-state index contributed by atoms with van der Waals surface area (Å²) in [7, 11) is 0. The summed E-state index contributed by atoms with van der Waals surface area (Å²) in [6.45, 7) is 3.24. The molecule has 21 heavy (non-hydrogen) atoms. The number of amides is 2. The minimum Gasteiger partial charge on any atom is -0.360 e. The minimum atomic E-state index is -0.897. The van der Waals surface area contributed by atoms with E-state index in [2.05, 4.69) is 15.8 Å². The number of nitrogens with one attached hydrogen (secondary N) is 2. The van der Waals surface area contributed by atoms with Crippen LogP contribution in [-0.4, -0.2) is 17.0 Å². The first kappa shape index (κ1) is 14.7. The van der Waals surface area contributed by atoms with Gasteiger partial charge < -0.3 is 9.84 Å². The van der Waals surface area contributed by atoms with E-state index in [9.17, 15) is 14.0 Å². The summed E-state index contributed by atoms with van der Waals surface area (Å²) in [5, 5.41) is 8.24. The van der Waals surface area contributed by atoms with Crippen LogP contribution < -0.4 is 10.6 Å². The number of aryl methyl sites for hydroxylation is 1. The van der Waals surface area contributed by atoms with Gasteiger partial charge in [0.05, 0.1) is 6.04 Å². The van der Waals surface area contributed by atoms with E-state index in [4.69, 9.17) is 4.52 Å². The van der Waals surface area contributed by atoms with Gasteiger partial charge in [-0.3, -0.25) is 14.9 Å². The molecule has 2 N–H and O–H groups in total. The Bertz CT molecular complexity index is 669. The second-order valence-corrected chi connectivity index (χ2v) is 4.49. The molecule has 0 aliphatic rings. The van der Waals surface area contributed by atoms with Crippen LogP contribution >= 0.6 is 0 Å². The van der Waals surface area contributed by atoms with Crippen molar-refractivity contribution in [3.05, 3.63) is 47.5 Å². The van der Waals surface area contributed by atoms with Crippen LogP contribution in [0.3, 0.4) is 0 Å². The summed E-state index contributed by atoms with van der Waals surface area (Å²) in [6, 6.07) is 6.87. The van der Waals surface area contributed by atoms with Crippen molar-refractivity contribution in [2.45, 2.75) is 19.9 Å². The number of hydrogen-bond donors (Lipinski definition) is 2. The normalized spacial score (nSPS) is 11.8. The maximum absolute atomic E-state index is 13.6. The van der Waals surface area contributed by atoms with Crippen molar-refractivity contribution in [2.75, 3.05) is 5.32 Å². The Morgan fingerprint density at radius 3 is 2.62 bits per heavy atom. The fraction of sp³-hybridized carbons (Fsp3) is 0.214. The van der Waals surface area contributed by atoms with E-state index < -0.39 is 23.7 Å². The Kier molecular flexibility index (Phi) is 4.32. The average Bonchev–Trinajstić information content (AvgIpc) is 2.84. The third kappa shape index (κ3) is 3.65. The highest BCUT2D eigenvalue weighted by Crippen LogP contribution is 2.16. The van der Waals surface area contributed by atoms with Crippen molar-refractivity contribution in [3.63, 3.8) is 0 Å². The molecule has 0 aliphatic carbocycles.